The van der Waals surface area contributed by atoms with Crippen molar-refractivity contribution in [1.82, 2.24) is 15.0 Å². The molecule has 2 aromatic carbocycles. The molecule has 0 radical (unpaired) electrons. The maximum absolute atomic E-state index is 12.6. The molecule has 0 aliphatic rings. The number of nitrogens with zero attached hydrogens (tertiary/aromatic N) is 2. The number of sulfonamides is 1. The van der Waals surface area contributed by atoms with E-state index in [0.717, 1.165) is 17.7 Å². The average Bonchev–Trinajstić information content (AvgIpc) is 3.21. The number of aromatic nitrogens is 2. The van der Waals surface area contributed by atoms with Gasteiger partial charge in [0.1, 0.15) is 16.4 Å². The molecule has 0 saturated carbocycles. The molecule has 8 nitrogen and oxygen atoms in total. The Labute approximate surface area is 169 Å². The fraction of sp³-hybridized carbons (Fsp3) is 0.200. The molecule has 3 rings (SSSR count). The molecule has 1 aromatic heterocycles. The maximum atomic E-state index is 12.6. The lowest BCUT2D eigenvalue weighted by atomic mass is 10.1. The first kappa shape index (κ1) is 20.4. The number of hydrogen-bond acceptors (Lipinski definition) is 6. The molecule has 9 heteroatoms. The van der Waals surface area contributed by atoms with Gasteiger partial charge < -0.3 is 9.47 Å². The molecule has 0 aliphatic heterocycles. The van der Waals surface area contributed by atoms with Crippen molar-refractivity contribution in [3.8, 4) is 22.8 Å². The lowest BCUT2D eigenvalue weighted by Gasteiger charge is -2.10. The molecule has 0 atom stereocenters. The van der Waals surface area contributed by atoms with Crippen LogP contribution in [0.25, 0.3) is 11.3 Å². The first-order valence-corrected chi connectivity index (χ1v) is 10.4. The zero-order valence-corrected chi connectivity index (χ0v) is 17.2. The maximum Gasteiger partial charge on any atom is 0.280 e. The number of H-pyrrole nitrogens is 1. The van der Waals surface area contributed by atoms with E-state index in [2.05, 4.69) is 27.1 Å². The standard InChI is InChI=1S/C20H22N4O4S/c1-4-14-5-7-15(8-6-14)20-16(12-21-23-20)13-22-24-29(25,26)19-10-9-17(27-2)11-18(19)28-3/h5-13,24H,4H2,1-3H3,(H,21,23)/b22-13-. The minimum Gasteiger partial charge on any atom is -0.497 e. The summed E-state index contributed by atoms with van der Waals surface area (Å²) in [6.45, 7) is 2.09. The lowest BCUT2D eigenvalue weighted by Crippen LogP contribution is -2.19. The third kappa shape index (κ3) is 4.57. The molecule has 152 valence electrons. The van der Waals surface area contributed by atoms with Crippen LogP contribution in [-0.2, 0) is 16.4 Å². The summed E-state index contributed by atoms with van der Waals surface area (Å²) < 4.78 is 35.4. The van der Waals surface area contributed by atoms with Gasteiger partial charge in [0.25, 0.3) is 10.0 Å². The Balaban J connectivity index is 1.80. The quantitative estimate of drug-likeness (QED) is 0.435. The fourth-order valence-electron chi connectivity index (χ4n) is 2.74. The fourth-order valence-corrected chi connectivity index (χ4v) is 3.69. The van der Waals surface area contributed by atoms with E-state index in [0.29, 0.717) is 11.3 Å². The smallest absolute Gasteiger partial charge is 0.280 e. The number of rotatable bonds is 8. The van der Waals surface area contributed by atoms with Gasteiger partial charge in [0.2, 0.25) is 0 Å². The summed E-state index contributed by atoms with van der Waals surface area (Å²) in [5.41, 5.74) is 3.56. The molecule has 0 aliphatic carbocycles. The van der Waals surface area contributed by atoms with Crippen molar-refractivity contribution in [3.63, 3.8) is 0 Å². The topological polar surface area (TPSA) is 106 Å². The monoisotopic (exact) mass is 414 g/mol. The number of aryl methyl sites for hydroxylation is 1. The van der Waals surface area contributed by atoms with Gasteiger partial charge in [-0.1, -0.05) is 31.2 Å². The molecule has 1 heterocycles. The van der Waals surface area contributed by atoms with E-state index in [9.17, 15) is 8.42 Å². The second-order valence-corrected chi connectivity index (χ2v) is 7.75. The Hall–Kier alpha value is -3.33. The van der Waals surface area contributed by atoms with E-state index in [1.165, 1.54) is 44.2 Å². The zero-order valence-electron chi connectivity index (χ0n) is 16.3. The van der Waals surface area contributed by atoms with Gasteiger partial charge in [-0.3, -0.25) is 5.10 Å². The number of hydrazone groups is 1. The van der Waals surface area contributed by atoms with E-state index < -0.39 is 10.0 Å². The van der Waals surface area contributed by atoms with Crippen molar-refractivity contribution >= 4 is 16.2 Å². The van der Waals surface area contributed by atoms with Crippen molar-refractivity contribution in [1.29, 1.82) is 0 Å². The highest BCUT2D eigenvalue weighted by molar-refractivity contribution is 7.89. The van der Waals surface area contributed by atoms with Crippen LogP contribution in [0.2, 0.25) is 0 Å². The third-order valence-corrected chi connectivity index (χ3v) is 5.62. The molecule has 0 fully saturated rings. The second kappa shape index (κ2) is 8.78. The average molecular weight is 414 g/mol. The van der Waals surface area contributed by atoms with Crippen molar-refractivity contribution in [2.45, 2.75) is 18.2 Å². The summed E-state index contributed by atoms with van der Waals surface area (Å²) in [5.74, 6) is 0.647. The minimum absolute atomic E-state index is 0.0412. The van der Waals surface area contributed by atoms with E-state index in [1.807, 2.05) is 24.3 Å². The Kier molecular flexibility index (Phi) is 6.18. The molecule has 0 saturated heterocycles. The number of aromatic amines is 1. The van der Waals surface area contributed by atoms with Crippen LogP contribution >= 0.6 is 0 Å². The molecular formula is C20H22N4O4S. The number of nitrogens with one attached hydrogen (secondary N) is 2. The van der Waals surface area contributed by atoms with Crippen LogP contribution in [0.4, 0.5) is 0 Å². The van der Waals surface area contributed by atoms with Crippen molar-refractivity contribution in [3.05, 3.63) is 59.8 Å². The molecule has 0 unspecified atom stereocenters. The highest BCUT2D eigenvalue weighted by Crippen LogP contribution is 2.28. The van der Waals surface area contributed by atoms with Crippen LogP contribution in [0.1, 0.15) is 18.1 Å². The Morgan fingerprint density at radius 2 is 1.90 bits per heavy atom. The molecule has 29 heavy (non-hydrogen) atoms. The van der Waals surface area contributed by atoms with Crippen molar-refractivity contribution < 1.29 is 17.9 Å². The van der Waals surface area contributed by atoms with Gasteiger partial charge >= 0.3 is 0 Å². The minimum atomic E-state index is -3.93. The van der Waals surface area contributed by atoms with Crippen LogP contribution in [0.3, 0.4) is 0 Å². The van der Waals surface area contributed by atoms with E-state index in [1.54, 1.807) is 6.20 Å². The molecular weight excluding hydrogens is 392 g/mol. The van der Waals surface area contributed by atoms with Gasteiger partial charge in [-0.2, -0.15) is 23.4 Å². The number of methoxy groups -OCH3 is 2. The molecule has 3 aromatic rings. The van der Waals surface area contributed by atoms with Gasteiger partial charge in [-0.05, 0) is 24.1 Å². The molecule has 0 bridgehead atoms. The molecule has 2 N–H and O–H groups in total. The largest absolute Gasteiger partial charge is 0.497 e. The van der Waals surface area contributed by atoms with Gasteiger partial charge in [0.15, 0.2) is 0 Å². The van der Waals surface area contributed by atoms with Crippen LogP contribution in [0.5, 0.6) is 11.5 Å². The Morgan fingerprint density at radius 3 is 2.55 bits per heavy atom. The van der Waals surface area contributed by atoms with Crippen molar-refractivity contribution in [2.75, 3.05) is 14.2 Å². The normalized spacial score (nSPS) is 11.6. The van der Waals surface area contributed by atoms with Gasteiger partial charge in [0.05, 0.1) is 32.3 Å². The SMILES string of the molecule is CCc1ccc(-c2[nH]ncc2/C=N\NS(=O)(=O)c2ccc(OC)cc2OC)cc1. The van der Waals surface area contributed by atoms with Crippen LogP contribution in [0, 0.1) is 0 Å². The lowest BCUT2D eigenvalue weighted by molar-refractivity contribution is 0.386. The van der Waals surface area contributed by atoms with Crippen LogP contribution in [-0.4, -0.2) is 39.0 Å². The Morgan fingerprint density at radius 1 is 1.14 bits per heavy atom. The summed E-state index contributed by atoms with van der Waals surface area (Å²) >= 11 is 0. The highest BCUT2D eigenvalue weighted by Gasteiger charge is 2.19. The zero-order chi connectivity index (χ0) is 20.9. The molecule has 0 spiro atoms. The highest BCUT2D eigenvalue weighted by atomic mass is 32.2. The predicted molar refractivity (Wildman–Crippen MR) is 111 cm³/mol. The van der Waals surface area contributed by atoms with E-state index in [-0.39, 0.29) is 10.6 Å². The molecule has 0 amide bonds. The van der Waals surface area contributed by atoms with E-state index >= 15 is 0 Å². The summed E-state index contributed by atoms with van der Waals surface area (Å²) in [6, 6.07) is 12.5. The van der Waals surface area contributed by atoms with Gasteiger partial charge in [0, 0.05) is 17.2 Å². The number of hydrogen-bond donors (Lipinski definition) is 2. The van der Waals surface area contributed by atoms with Crippen molar-refractivity contribution in [2.24, 2.45) is 5.10 Å². The third-order valence-electron chi connectivity index (χ3n) is 4.36. The summed E-state index contributed by atoms with van der Waals surface area (Å²) in [4.78, 5) is 2.16. The first-order valence-electron chi connectivity index (χ1n) is 8.88. The Bertz CT molecular complexity index is 1110. The second-order valence-electron chi connectivity index (χ2n) is 6.12. The van der Waals surface area contributed by atoms with Crippen LogP contribution in [0.15, 0.2) is 58.7 Å². The summed E-state index contributed by atoms with van der Waals surface area (Å²) in [7, 11) is -1.05. The number of benzene rings is 2. The van der Waals surface area contributed by atoms with Gasteiger partial charge in [-0.15, -0.1) is 0 Å². The van der Waals surface area contributed by atoms with E-state index in [4.69, 9.17) is 9.47 Å². The summed E-state index contributed by atoms with van der Waals surface area (Å²) in [6.07, 6.45) is 3.93. The summed E-state index contributed by atoms with van der Waals surface area (Å²) in [5, 5.41) is 10.8. The first-order chi connectivity index (χ1) is 14.0. The number of ether oxygens (including phenoxy) is 2. The van der Waals surface area contributed by atoms with Crippen LogP contribution < -0.4 is 14.3 Å². The predicted octanol–water partition coefficient (Wildman–Crippen LogP) is 2.97. The van der Waals surface area contributed by atoms with Gasteiger partial charge in [-0.25, -0.2) is 0 Å².